The molecule has 0 bridgehead atoms. The van der Waals surface area contributed by atoms with Gasteiger partial charge in [0.25, 0.3) is 0 Å². The van der Waals surface area contributed by atoms with E-state index >= 15 is 0 Å². The summed E-state index contributed by atoms with van der Waals surface area (Å²) in [4.78, 5) is 72.1. The van der Waals surface area contributed by atoms with Gasteiger partial charge in [0.15, 0.2) is 0 Å². The van der Waals surface area contributed by atoms with E-state index < -0.39 is 45.5 Å². The van der Waals surface area contributed by atoms with Crippen molar-refractivity contribution >= 4 is 56.2 Å². The number of nitrogens with zero attached hydrogens (tertiary/aromatic N) is 3. The van der Waals surface area contributed by atoms with Crippen molar-refractivity contribution < 1.29 is 38.5 Å². The van der Waals surface area contributed by atoms with Crippen LogP contribution in [0.5, 0.6) is 0 Å². The van der Waals surface area contributed by atoms with Gasteiger partial charge in [-0.3, -0.25) is 19.2 Å². The van der Waals surface area contributed by atoms with Crippen molar-refractivity contribution in [2.75, 3.05) is 24.5 Å². The second-order valence-electron chi connectivity index (χ2n) is 10.2. The van der Waals surface area contributed by atoms with Crippen LogP contribution < -0.4 is 10.2 Å². The topological polar surface area (TPSA) is 173 Å². The Bertz CT molecular complexity index is 1250. The van der Waals surface area contributed by atoms with E-state index in [1.807, 2.05) is 13.0 Å². The van der Waals surface area contributed by atoms with E-state index in [1.54, 1.807) is 29.3 Å². The highest BCUT2D eigenvalue weighted by Gasteiger charge is 2.41. The molecule has 4 unspecified atom stereocenters. The van der Waals surface area contributed by atoms with Crippen LogP contribution in [0.3, 0.4) is 0 Å². The molecule has 1 aromatic heterocycles. The highest BCUT2D eigenvalue weighted by atomic mass is 35.5. The molecule has 228 valence electrons. The number of amides is 2. The van der Waals surface area contributed by atoms with Gasteiger partial charge in [-0.2, -0.15) is 0 Å². The van der Waals surface area contributed by atoms with Gasteiger partial charge in [-0.15, -0.1) is 0 Å². The van der Waals surface area contributed by atoms with Gasteiger partial charge in [0.1, 0.15) is 6.10 Å². The zero-order chi connectivity index (χ0) is 30.3. The first-order valence-corrected chi connectivity index (χ1v) is 17.0. The first-order chi connectivity index (χ1) is 19.3. The number of carbonyl (C=O) groups excluding carboxylic acids is 2. The number of nitrogens with one attached hydrogen (secondary N) is 1. The number of aromatic nitrogens is 1. The molecule has 12 nitrogen and oxygen atoms in total. The number of hydrogen-bond acceptors (Lipinski definition) is 8. The second-order valence-corrected chi connectivity index (χ2v) is 13.9. The SMILES string of the molecule is CCN(CC)CCCC(C)N(C(=O)OC1CCC(C(=O)NC(P(O)O)P(=O)(O)O)C1)c1ccnc2cc(Cl)ccc12. The number of anilines is 1. The van der Waals surface area contributed by atoms with Crippen molar-refractivity contribution in [2.45, 2.75) is 70.5 Å². The summed E-state index contributed by atoms with van der Waals surface area (Å²) in [5, 5.41) is 3.32. The molecular formula is C26H39ClN4O8P2. The standard InChI is InChI=1S/C26H39ClN4O8P2/c1-4-30(5-2)14-6-7-17(3)31(23-12-13-28-22-16-19(27)9-11-21(22)23)26(33)39-20-10-8-18(15-20)24(32)29-25(40(34)35)41(36,37)38/h9,11-13,16-18,20,25,34-35H,4-8,10,14-15H2,1-3H3,(H,29,32)(H2,36,37,38). The lowest BCUT2D eigenvalue weighted by Gasteiger charge is -2.31. The van der Waals surface area contributed by atoms with Crippen LogP contribution in [0.25, 0.3) is 10.9 Å². The maximum absolute atomic E-state index is 13.7. The number of fused-ring (bicyclic) bond motifs is 1. The fourth-order valence-corrected chi connectivity index (χ4v) is 6.90. The molecule has 1 saturated carbocycles. The molecular weight excluding hydrogens is 594 g/mol. The van der Waals surface area contributed by atoms with Gasteiger partial charge in [0.2, 0.25) is 19.8 Å². The molecule has 1 fully saturated rings. The number of hydrogen-bond donors (Lipinski definition) is 5. The van der Waals surface area contributed by atoms with E-state index in [9.17, 15) is 33.7 Å². The summed E-state index contributed by atoms with van der Waals surface area (Å²) < 4.78 is 17.4. The fourth-order valence-electron chi connectivity index (χ4n) is 5.12. The highest BCUT2D eigenvalue weighted by Crippen LogP contribution is 2.53. The van der Waals surface area contributed by atoms with Crippen molar-refractivity contribution in [3.8, 4) is 0 Å². The maximum Gasteiger partial charge on any atom is 0.414 e. The van der Waals surface area contributed by atoms with E-state index in [0.717, 1.165) is 31.4 Å². The molecule has 5 N–H and O–H groups in total. The third-order valence-electron chi connectivity index (χ3n) is 7.40. The lowest BCUT2D eigenvalue weighted by atomic mass is 10.1. The minimum Gasteiger partial charge on any atom is -0.446 e. The average Bonchev–Trinajstić information content (AvgIpc) is 3.37. The van der Waals surface area contributed by atoms with Crippen LogP contribution in [0.2, 0.25) is 5.02 Å². The van der Waals surface area contributed by atoms with Crippen LogP contribution in [-0.4, -0.2) is 78.8 Å². The molecule has 1 aliphatic rings. The van der Waals surface area contributed by atoms with Crippen molar-refractivity contribution in [2.24, 2.45) is 5.92 Å². The third kappa shape index (κ3) is 9.05. The summed E-state index contributed by atoms with van der Waals surface area (Å²) in [6, 6.07) is 6.81. The summed E-state index contributed by atoms with van der Waals surface area (Å²) in [5.41, 5.74) is -0.816. The predicted molar refractivity (Wildman–Crippen MR) is 159 cm³/mol. The Hall–Kier alpha value is -1.88. The Morgan fingerprint density at radius 2 is 1.93 bits per heavy atom. The van der Waals surface area contributed by atoms with E-state index in [1.165, 1.54) is 0 Å². The molecule has 0 spiro atoms. The van der Waals surface area contributed by atoms with Crippen LogP contribution in [-0.2, 0) is 14.1 Å². The van der Waals surface area contributed by atoms with Crippen molar-refractivity contribution in [1.82, 2.24) is 15.2 Å². The smallest absolute Gasteiger partial charge is 0.414 e. The second kappa shape index (κ2) is 15.0. The van der Waals surface area contributed by atoms with Crippen LogP contribution in [0.1, 0.15) is 52.9 Å². The van der Waals surface area contributed by atoms with Crippen molar-refractivity contribution in [1.29, 1.82) is 0 Å². The number of benzene rings is 1. The number of carbonyl (C=O) groups is 2. The molecule has 0 radical (unpaired) electrons. The quantitative estimate of drug-likeness (QED) is 0.199. The minimum atomic E-state index is -4.98. The Morgan fingerprint density at radius 3 is 2.56 bits per heavy atom. The van der Waals surface area contributed by atoms with E-state index in [-0.39, 0.29) is 12.5 Å². The highest BCUT2D eigenvalue weighted by molar-refractivity contribution is 7.67. The lowest BCUT2D eigenvalue weighted by Crippen LogP contribution is -2.41. The zero-order valence-electron chi connectivity index (χ0n) is 23.4. The van der Waals surface area contributed by atoms with Gasteiger partial charge in [-0.1, -0.05) is 25.4 Å². The first kappa shape index (κ1) is 33.6. The van der Waals surface area contributed by atoms with Gasteiger partial charge in [-0.05, 0) is 82.9 Å². The van der Waals surface area contributed by atoms with E-state index in [2.05, 4.69) is 29.0 Å². The largest absolute Gasteiger partial charge is 0.446 e. The normalized spacial score (nSPS) is 19.0. The van der Waals surface area contributed by atoms with Crippen LogP contribution in [0.4, 0.5) is 10.5 Å². The van der Waals surface area contributed by atoms with Crippen LogP contribution in [0, 0.1) is 5.92 Å². The zero-order valence-corrected chi connectivity index (χ0v) is 25.9. The van der Waals surface area contributed by atoms with Gasteiger partial charge < -0.3 is 34.5 Å². The van der Waals surface area contributed by atoms with Crippen molar-refractivity contribution in [3.63, 3.8) is 0 Å². The molecule has 41 heavy (non-hydrogen) atoms. The molecule has 15 heteroatoms. The Balaban J connectivity index is 1.77. The third-order valence-corrected chi connectivity index (χ3v) is 10.5. The predicted octanol–water partition coefficient (Wildman–Crippen LogP) is 4.38. The average molecular weight is 633 g/mol. The molecule has 2 aromatic rings. The Morgan fingerprint density at radius 1 is 1.22 bits per heavy atom. The maximum atomic E-state index is 13.7. The minimum absolute atomic E-state index is 0.136. The number of ether oxygens (including phenoxy) is 1. The summed E-state index contributed by atoms with van der Waals surface area (Å²) in [6.07, 6.45) is 2.83. The summed E-state index contributed by atoms with van der Waals surface area (Å²) in [7, 11) is -8.08. The van der Waals surface area contributed by atoms with Crippen LogP contribution >= 0.6 is 27.6 Å². The number of rotatable bonds is 13. The molecule has 3 rings (SSSR count). The summed E-state index contributed by atoms with van der Waals surface area (Å²) in [5.74, 6) is -1.44. The van der Waals surface area contributed by atoms with E-state index in [4.69, 9.17) is 16.3 Å². The molecule has 4 atom stereocenters. The number of halogens is 1. The van der Waals surface area contributed by atoms with Gasteiger partial charge >= 0.3 is 13.7 Å². The van der Waals surface area contributed by atoms with Gasteiger partial charge in [0, 0.05) is 28.6 Å². The van der Waals surface area contributed by atoms with Gasteiger partial charge in [0.05, 0.1) is 11.2 Å². The van der Waals surface area contributed by atoms with Gasteiger partial charge in [-0.25, -0.2) is 4.79 Å². The molecule has 1 aromatic carbocycles. The summed E-state index contributed by atoms with van der Waals surface area (Å²) in [6.45, 7) is 8.96. The molecule has 0 saturated heterocycles. The molecule has 1 aliphatic carbocycles. The summed E-state index contributed by atoms with van der Waals surface area (Å²) >= 11 is 6.17. The number of pyridine rings is 1. The van der Waals surface area contributed by atoms with Crippen molar-refractivity contribution in [3.05, 3.63) is 35.5 Å². The molecule has 0 aliphatic heterocycles. The Labute approximate surface area is 246 Å². The fraction of sp³-hybridized carbons (Fsp3) is 0.577. The Kier molecular flexibility index (Phi) is 12.3. The monoisotopic (exact) mass is 632 g/mol. The molecule has 2 amide bonds. The lowest BCUT2D eigenvalue weighted by molar-refractivity contribution is -0.125. The van der Waals surface area contributed by atoms with Crippen LogP contribution in [0.15, 0.2) is 30.5 Å². The molecule has 1 heterocycles. The van der Waals surface area contributed by atoms with E-state index in [0.29, 0.717) is 35.5 Å². The first-order valence-electron chi connectivity index (χ1n) is 13.6.